The molecule has 0 aliphatic rings. The summed E-state index contributed by atoms with van der Waals surface area (Å²) in [5.74, 6) is 1.96. The van der Waals surface area contributed by atoms with Crippen molar-refractivity contribution in [3.63, 3.8) is 0 Å². The van der Waals surface area contributed by atoms with Gasteiger partial charge in [-0.3, -0.25) is 4.79 Å². The minimum atomic E-state index is 0.398. The Balaban J connectivity index is 3.08. The number of ketones is 1. The molecule has 0 fully saturated rings. The monoisotopic (exact) mass is 259 g/mol. The molecular formula is C14H29NOS. The minimum absolute atomic E-state index is 0.398. The van der Waals surface area contributed by atoms with Crippen LogP contribution in [0, 0.1) is 0 Å². The molecule has 0 aromatic carbocycles. The van der Waals surface area contributed by atoms with Crippen molar-refractivity contribution in [3.8, 4) is 0 Å². The lowest BCUT2D eigenvalue weighted by molar-refractivity contribution is -0.116. The van der Waals surface area contributed by atoms with Crippen LogP contribution in [-0.4, -0.2) is 23.8 Å². The van der Waals surface area contributed by atoms with Gasteiger partial charge in [0.05, 0.1) is 5.75 Å². The number of Topliss-reactive ketones (excluding diaryl/α,β-unsaturated/α-hetero) is 1. The van der Waals surface area contributed by atoms with Crippen LogP contribution in [0.1, 0.15) is 64.7 Å². The zero-order valence-electron chi connectivity index (χ0n) is 11.4. The molecule has 3 heteroatoms. The van der Waals surface area contributed by atoms with Crippen molar-refractivity contribution < 1.29 is 4.79 Å². The van der Waals surface area contributed by atoms with Crippen LogP contribution in [0.25, 0.3) is 0 Å². The summed E-state index contributed by atoms with van der Waals surface area (Å²) in [4.78, 5) is 11.4. The van der Waals surface area contributed by atoms with Gasteiger partial charge in [0.1, 0.15) is 5.78 Å². The highest BCUT2D eigenvalue weighted by molar-refractivity contribution is 7.99. The van der Waals surface area contributed by atoms with Gasteiger partial charge in [0, 0.05) is 18.7 Å². The Morgan fingerprint density at radius 1 is 1.00 bits per heavy atom. The molecule has 0 amide bonds. The maximum absolute atomic E-state index is 11.4. The van der Waals surface area contributed by atoms with Crippen LogP contribution < -0.4 is 5.73 Å². The quantitative estimate of drug-likeness (QED) is 0.512. The molecule has 0 atom stereocenters. The fourth-order valence-corrected chi connectivity index (χ4v) is 2.48. The number of hydrogen-bond acceptors (Lipinski definition) is 3. The summed E-state index contributed by atoms with van der Waals surface area (Å²) >= 11 is 1.66. The van der Waals surface area contributed by atoms with Gasteiger partial charge in [0.2, 0.25) is 0 Å². The van der Waals surface area contributed by atoms with Gasteiger partial charge >= 0.3 is 0 Å². The van der Waals surface area contributed by atoms with E-state index in [-0.39, 0.29) is 0 Å². The van der Waals surface area contributed by atoms with Gasteiger partial charge < -0.3 is 5.73 Å². The largest absolute Gasteiger partial charge is 0.330 e. The molecule has 0 saturated heterocycles. The van der Waals surface area contributed by atoms with E-state index in [4.69, 9.17) is 5.73 Å². The third-order valence-corrected chi connectivity index (χ3v) is 3.88. The topological polar surface area (TPSA) is 43.1 Å². The molecule has 2 N–H and O–H groups in total. The van der Waals surface area contributed by atoms with Crippen LogP contribution in [0.5, 0.6) is 0 Å². The molecule has 102 valence electrons. The highest BCUT2D eigenvalue weighted by Crippen LogP contribution is 2.10. The van der Waals surface area contributed by atoms with Gasteiger partial charge in [-0.1, -0.05) is 51.9 Å². The summed E-state index contributed by atoms with van der Waals surface area (Å²) in [5.41, 5.74) is 5.37. The van der Waals surface area contributed by atoms with Gasteiger partial charge in [0.15, 0.2) is 0 Å². The molecule has 0 aromatic rings. The first-order valence-electron chi connectivity index (χ1n) is 7.10. The number of unbranched alkanes of at least 4 members (excludes halogenated alkanes) is 7. The number of hydrogen-bond donors (Lipinski definition) is 1. The van der Waals surface area contributed by atoms with E-state index in [9.17, 15) is 4.79 Å². The molecule has 0 radical (unpaired) electrons. The molecule has 0 aromatic heterocycles. The van der Waals surface area contributed by atoms with Crippen molar-refractivity contribution in [2.75, 3.05) is 18.1 Å². The fourth-order valence-electron chi connectivity index (χ4n) is 1.80. The first-order valence-corrected chi connectivity index (χ1v) is 8.26. The molecule has 0 bridgehead atoms. The van der Waals surface area contributed by atoms with Gasteiger partial charge in [-0.15, -0.1) is 0 Å². The first kappa shape index (κ1) is 17.0. The van der Waals surface area contributed by atoms with Crippen LogP contribution in [0.3, 0.4) is 0 Å². The maximum atomic E-state index is 11.4. The molecule has 0 heterocycles. The van der Waals surface area contributed by atoms with Crippen LogP contribution >= 0.6 is 11.8 Å². The normalized spacial score (nSPS) is 10.7. The lowest BCUT2D eigenvalue weighted by atomic mass is 10.1. The lowest BCUT2D eigenvalue weighted by Crippen LogP contribution is -2.06. The smallest absolute Gasteiger partial charge is 0.142 e. The molecular weight excluding hydrogens is 230 g/mol. The Hall–Kier alpha value is -0.0200. The molecule has 0 spiro atoms. The summed E-state index contributed by atoms with van der Waals surface area (Å²) in [5, 5.41) is 0. The zero-order chi connectivity index (χ0) is 12.8. The van der Waals surface area contributed by atoms with E-state index in [0.29, 0.717) is 18.1 Å². The van der Waals surface area contributed by atoms with Crippen molar-refractivity contribution in [2.24, 2.45) is 5.73 Å². The molecule has 0 aliphatic heterocycles. The average molecular weight is 259 g/mol. The predicted octanol–water partition coefficient (Wildman–Crippen LogP) is 3.78. The third kappa shape index (κ3) is 13.9. The lowest BCUT2D eigenvalue weighted by Gasteiger charge is -2.02. The average Bonchev–Trinajstić information content (AvgIpc) is 2.33. The van der Waals surface area contributed by atoms with Crippen molar-refractivity contribution >= 4 is 17.5 Å². The van der Waals surface area contributed by atoms with Gasteiger partial charge in [0.25, 0.3) is 0 Å². The second-order valence-electron chi connectivity index (χ2n) is 4.60. The van der Waals surface area contributed by atoms with E-state index in [0.717, 1.165) is 18.6 Å². The van der Waals surface area contributed by atoms with Crippen LogP contribution in [-0.2, 0) is 4.79 Å². The number of rotatable bonds is 13. The Morgan fingerprint density at radius 3 is 2.18 bits per heavy atom. The Kier molecular flexibility index (Phi) is 14.0. The van der Waals surface area contributed by atoms with Crippen LogP contribution in [0.15, 0.2) is 0 Å². The Bertz CT molecular complexity index is 174. The van der Waals surface area contributed by atoms with Gasteiger partial charge in [-0.05, 0) is 6.42 Å². The molecule has 0 rings (SSSR count). The summed E-state index contributed by atoms with van der Waals surface area (Å²) in [6.45, 7) is 2.92. The molecule has 0 saturated carbocycles. The SMILES string of the molecule is CCCCCCCCCCC(=O)CSCCN. The highest BCUT2D eigenvalue weighted by atomic mass is 32.2. The standard InChI is InChI=1S/C14H29NOS/c1-2-3-4-5-6-7-8-9-10-14(16)13-17-12-11-15/h2-13,15H2,1H3. The van der Waals surface area contributed by atoms with Crippen molar-refractivity contribution in [1.29, 1.82) is 0 Å². The predicted molar refractivity (Wildman–Crippen MR) is 78.6 cm³/mol. The second-order valence-corrected chi connectivity index (χ2v) is 5.71. The number of carbonyl (C=O) groups excluding carboxylic acids is 1. The van der Waals surface area contributed by atoms with E-state index in [2.05, 4.69) is 6.92 Å². The fraction of sp³-hybridized carbons (Fsp3) is 0.929. The van der Waals surface area contributed by atoms with E-state index >= 15 is 0 Å². The minimum Gasteiger partial charge on any atom is -0.330 e. The summed E-state index contributed by atoms with van der Waals surface area (Å²) in [6, 6.07) is 0. The summed E-state index contributed by atoms with van der Waals surface area (Å²) in [6.07, 6.45) is 11.1. The van der Waals surface area contributed by atoms with E-state index in [1.165, 1.54) is 44.9 Å². The first-order chi connectivity index (χ1) is 8.31. The number of thioether (sulfide) groups is 1. The molecule has 2 nitrogen and oxygen atoms in total. The Morgan fingerprint density at radius 2 is 1.59 bits per heavy atom. The van der Waals surface area contributed by atoms with E-state index < -0.39 is 0 Å². The zero-order valence-corrected chi connectivity index (χ0v) is 12.2. The molecule has 17 heavy (non-hydrogen) atoms. The number of nitrogens with two attached hydrogens (primary N) is 1. The van der Waals surface area contributed by atoms with Crippen LogP contribution in [0.2, 0.25) is 0 Å². The molecule has 0 aliphatic carbocycles. The second kappa shape index (κ2) is 14.0. The van der Waals surface area contributed by atoms with Crippen molar-refractivity contribution in [2.45, 2.75) is 64.7 Å². The van der Waals surface area contributed by atoms with Crippen molar-refractivity contribution in [3.05, 3.63) is 0 Å². The summed E-state index contributed by atoms with van der Waals surface area (Å²) < 4.78 is 0. The Labute approximate surface area is 111 Å². The van der Waals surface area contributed by atoms with Crippen LogP contribution in [0.4, 0.5) is 0 Å². The van der Waals surface area contributed by atoms with Gasteiger partial charge in [-0.25, -0.2) is 0 Å². The van der Waals surface area contributed by atoms with Gasteiger partial charge in [-0.2, -0.15) is 11.8 Å². The molecule has 0 unspecified atom stereocenters. The number of carbonyl (C=O) groups is 1. The van der Waals surface area contributed by atoms with Crippen molar-refractivity contribution in [1.82, 2.24) is 0 Å². The van der Waals surface area contributed by atoms with E-state index in [1.807, 2.05) is 0 Å². The maximum Gasteiger partial charge on any atom is 0.142 e. The summed E-state index contributed by atoms with van der Waals surface area (Å²) in [7, 11) is 0. The third-order valence-electron chi connectivity index (χ3n) is 2.83. The highest BCUT2D eigenvalue weighted by Gasteiger charge is 2.01. The van der Waals surface area contributed by atoms with E-state index in [1.54, 1.807) is 11.8 Å².